The molecule has 0 radical (unpaired) electrons. The molecule has 3 aromatic rings. The van der Waals surface area contributed by atoms with Gasteiger partial charge in [0.15, 0.2) is 0 Å². The minimum Gasteiger partial charge on any atom is -0.449 e. The number of nitrogens with zero attached hydrogens (tertiary/aromatic N) is 1. The Bertz CT molecular complexity index is 1100. The van der Waals surface area contributed by atoms with E-state index >= 15 is 0 Å². The normalized spacial score (nSPS) is 14.7. The number of para-hydroxylation sites is 1. The molecule has 1 saturated heterocycles. The van der Waals surface area contributed by atoms with Crippen molar-refractivity contribution in [2.75, 3.05) is 31.6 Å². The molecule has 0 atom stereocenters. The Morgan fingerprint density at radius 3 is 2.37 bits per heavy atom. The topological polar surface area (TPSA) is 71.8 Å². The number of morpholine rings is 1. The maximum absolute atomic E-state index is 13.3. The van der Waals surface area contributed by atoms with Crippen molar-refractivity contribution in [3.8, 4) is 0 Å². The van der Waals surface area contributed by atoms with Gasteiger partial charge in [0.2, 0.25) is 5.76 Å². The maximum atomic E-state index is 13.3. The summed E-state index contributed by atoms with van der Waals surface area (Å²) in [6, 6.07) is 11.1. The van der Waals surface area contributed by atoms with Crippen molar-refractivity contribution in [2.24, 2.45) is 0 Å². The summed E-state index contributed by atoms with van der Waals surface area (Å²) in [5.74, 6) is -1.57. The number of hydrogen-bond acceptors (Lipinski definition) is 4. The summed E-state index contributed by atoms with van der Waals surface area (Å²) in [5, 5.41) is 2.89. The van der Waals surface area contributed by atoms with Crippen LogP contribution in [0.5, 0.6) is 0 Å². The first kappa shape index (κ1) is 20.0. The number of nitrogens with one attached hydrogen (secondary N) is 1. The second kappa shape index (κ2) is 7.83. The molecule has 30 heavy (non-hydrogen) atoms. The Morgan fingerprint density at radius 2 is 1.63 bits per heavy atom. The molecule has 4 rings (SSSR count). The monoisotopic (exact) mass is 418 g/mol. The van der Waals surface area contributed by atoms with E-state index < -0.39 is 29.1 Å². The van der Waals surface area contributed by atoms with Gasteiger partial charge in [-0.25, -0.2) is 0 Å². The van der Waals surface area contributed by atoms with Crippen LogP contribution in [0.25, 0.3) is 11.0 Å². The minimum atomic E-state index is -4.70. The maximum Gasteiger partial charge on any atom is 0.417 e. The number of alkyl halides is 3. The van der Waals surface area contributed by atoms with Gasteiger partial charge in [-0.05, 0) is 24.3 Å². The number of carbonyl (C=O) groups is 2. The first-order chi connectivity index (χ1) is 14.4. The van der Waals surface area contributed by atoms with Gasteiger partial charge in [-0.3, -0.25) is 9.59 Å². The van der Waals surface area contributed by atoms with Gasteiger partial charge in [0.25, 0.3) is 11.8 Å². The van der Waals surface area contributed by atoms with Crippen LogP contribution in [-0.2, 0) is 10.9 Å². The highest BCUT2D eigenvalue weighted by Crippen LogP contribution is 2.35. The van der Waals surface area contributed by atoms with E-state index in [0.717, 1.165) is 12.1 Å². The SMILES string of the molecule is O=C(Nc1c(C(=O)N2CCOCC2)oc2ccccc12)c1ccccc1C(F)(F)F. The lowest BCUT2D eigenvalue weighted by Crippen LogP contribution is -2.40. The molecular weight excluding hydrogens is 401 g/mol. The summed E-state index contributed by atoms with van der Waals surface area (Å²) >= 11 is 0. The zero-order valence-electron chi connectivity index (χ0n) is 15.7. The lowest BCUT2D eigenvalue weighted by Gasteiger charge is -2.26. The van der Waals surface area contributed by atoms with E-state index in [1.165, 1.54) is 17.0 Å². The van der Waals surface area contributed by atoms with Crippen LogP contribution in [0.3, 0.4) is 0 Å². The van der Waals surface area contributed by atoms with Gasteiger partial charge in [-0.15, -0.1) is 0 Å². The number of halogens is 3. The molecule has 2 heterocycles. The second-order valence-corrected chi connectivity index (χ2v) is 6.70. The van der Waals surface area contributed by atoms with Gasteiger partial charge in [-0.2, -0.15) is 13.2 Å². The van der Waals surface area contributed by atoms with Crippen molar-refractivity contribution < 1.29 is 31.9 Å². The van der Waals surface area contributed by atoms with E-state index in [1.807, 2.05) is 0 Å². The van der Waals surface area contributed by atoms with Crippen molar-refractivity contribution in [1.29, 1.82) is 0 Å². The number of furan rings is 1. The molecule has 1 aromatic heterocycles. The average Bonchev–Trinajstić information content (AvgIpc) is 3.11. The van der Waals surface area contributed by atoms with Crippen LogP contribution in [0.1, 0.15) is 26.5 Å². The molecule has 156 valence electrons. The van der Waals surface area contributed by atoms with Gasteiger partial charge in [0.1, 0.15) is 11.3 Å². The molecule has 6 nitrogen and oxygen atoms in total. The molecule has 0 unspecified atom stereocenters. The van der Waals surface area contributed by atoms with Crippen molar-refractivity contribution in [2.45, 2.75) is 6.18 Å². The fraction of sp³-hybridized carbons (Fsp3) is 0.238. The molecular formula is C21H17F3N2O4. The van der Waals surface area contributed by atoms with E-state index in [2.05, 4.69) is 5.32 Å². The zero-order valence-corrected chi connectivity index (χ0v) is 15.7. The predicted octanol–water partition coefficient (Wildman–Crippen LogP) is 4.18. The van der Waals surface area contributed by atoms with Crippen molar-refractivity contribution >= 4 is 28.5 Å². The standard InChI is InChI=1S/C21H17F3N2O4/c22-21(23,24)15-7-3-1-5-13(15)19(27)25-17-14-6-2-4-8-16(14)30-18(17)20(28)26-9-11-29-12-10-26/h1-8H,9-12H2,(H,25,27). The lowest BCUT2D eigenvalue weighted by molar-refractivity contribution is -0.137. The number of rotatable bonds is 3. The number of ether oxygens (including phenoxy) is 1. The number of benzene rings is 2. The number of carbonyl (C=O) groups excluding carboxylic acids is 2. The van der Waals surface area contributed by atoms with Gasteiger partial charge < -0.3 is 19.4 Å². The quantitative estimate of drug-likeness (QED) is 0.693. The largest absolute Gasteiger partial charge is 0.449 e. The molecule has 9 heteroatoms. The first-order valence-electron chi connectivity index (χ1n) is 9.22. The van der Waals surface area contributed by atoms with Crippen LogP contribution in [0.4, 0.5) is 18.9 Å². The Balaban J connectivity index is 1.74. The minimum absolute atomic E-state index is 0.0454. The molecule has 0 spiro atoms. The summed E-state index contributed by atoms with van der Waals surface area (Å²) in [7, 11) is 0. The van der Waals surface area contributed by atoms with Gasteiger partial charge >= 0.3 is 6.18 Å². The molecule has 0 aliphatic carbocycles. The Morgan fingerprint density at radius 1 is 0.967 bits per heavy atom. The number of amides is 2. The smallest absolute Gasteiger partial charge is 0.417 e. The number of anilines is 1. The van der Waals surface area contributed by atoms with E-state index in [9.17, 15) is 22.8 Å². The molecule has 2 amide bonds. The molecule has 1 N–H and O–H groups in total. The third kappa shape index (κ3) is 3.76. The Hall–Kier alpha value is -3.33. The van der Waals surface area contributed by atoms with Gasteiger partial charge in [0.05, 0.1) is 24.3 Å². The molecule has 1 fully saturated rings. The second-order valence-electron chi connectivity index (χ2n) is 6.70. The molecule has 1 aliphatic rings. The highest BCUT2D eigenvalue weighted by atomic mass is 19.4. The van der Waals surface area contributed by atoms with E-state index in [4.69, 9.17) is 9.15 Å². The van der Waals surface area contributed by atoms with Crippen molar-refractivity contribution in [3.63, 3.8) is 0 Å². The van der Waals surface area contributed by atoms with Crippen LogP contribution < -0.4 is 5.32 Å². The highest BCUT2D eigenvalue weighted by Gasteiger charge is 2.35. The van der Waals surface area contributed by atoms with Crippen LogP contribution in [0, 0.1) is 0 Å². The van der Waals surface area contributed by atoms with Crippen LogP contribution in [0.15, 0.2) is 52.9 Å². The Kier molecular flexibility index (Phi) is 5.21. The van der Waals surface area contributed by atoms with Crippen LogP contribution in [0.2, 0.25) is 0 Å². The fourth-order valence-corrected chi connectivity index (χ4v) is 3.34. The summed E-state index contributed by atoms with van der Waals surface area (Å²) in [4.78, 5) is 27.3. The molecule has 0 bridgehead atoms. The molecule has 1 aliphatic heterocycles. The summed E-state index contributed by atoms with van der Waals surface area (Å²) in [6.45, 7) is 1.43. The van der Waals surface area contributed by atoms with Crippen LogP contribution >= 0.6 is 0 Å². The first-order valence-corrected chi connectivity index (χ1v) is 9.22. The average molecular weight is 418 g/mol. The number of hydrogen-bond donors (Lipinski definition) is 1. The fourth-order valence-electron chi connectivity index (χ4n) is 3.34. The zero-order chi connectivity index (χ0) is 21.3. The van der Waals surface area contributed by atoms with Crippen LogP contribution in [-0.4, -0.2) is 43.0 Å². The summed E-state index contributed by atoms with van der Waals surface area (Å²) in [6.07, 6.45) is -4.70. The molecule has 0 saturated carbocycles. The van der Waals surface area contributed by atoms with E-state index in [1.54, 1.807) is 24.3 Å². The highest BCUT2D eigenvalue weighted by molar-refractivity contribution is 6.14. The molecule has 2 aromatic carbocycles. The number of fused-ring (bicyclic) bond motifs is 1. The summed E-state index contributed by atoms with van der Waals surface area (Å²) < 4.78 is 50.9. The van der Waals surface area contributed by atoms with Gasteiger partial charge in [-0.1, -0.05) is 24.3 Å². The third-order valence-corrected chi connectivity index (χ3v) is 4.80. The summed E-state index contributed by atoms with van der Waals surface area (Å²) in [5.41, 5.74) is -1.21. The van der Waals surface area contributed by atoms with E-state index in [-0.39, 0.29) is 11.4 Å². The van der Waals surface area contributed by atoms with Gasteiger partial charge in [0, 0.05) is 18.5 Å². The third-order valence-electron chi connectivity index (χ3n) is 4.80. The van der Waals surface area contributed by atoms with E-state index in [0.29, 0.717) is 37.3 Å². The van der Waals surface area contributed by atoms with Crippen molar-refractivity contribution in [1.82, 2.24) is 4.90 Å². The predicted molar refractivity (Wildman–Crippen MR) is 102 cm³/mol. The van der Waals surface area contributed by atoms with Crippen molar-refractivity contribution in [3.05, 3.63) is 65.4 Å². The lowest BCUT2D eigenvalue weighted by atomic mass is 10.1. The Labute approximate surface area is 169 Å².